The van der Waals surface area contributed by atoms with E-state index in [9.17, 15) is 34.8 Å². The monoisotopic (exact) mass is 592 g/mol. The average molecular weight is 593 g/mol. The number of carboxylic acids is 1. The number of carbonyl (C=O) groups excluding carboxylic acids is 2. The van der Waals surface area contributed by atoms with Crippen LogP contribution in [0, 0.1) is 51.3 Å². The zero-order valence-electron chi connectivity index (χ0n) is 26.0. The van der Waals surface area contributed by atoms with Gasteiger partial charge in [0.25, 0.3) is 0 Å². The molecule has 0 aromatic heterocycles. The highest BCUT2D eigenvalue weighted by molar-refractivity contribution is 6.01. The molecule has 4 N–H and O–H groups in total. The second-order valence-corrected chi connectivity index (χ2v) is 15.2. The highest BCUT2D eigenvalue weighted by atomic mass is 16.4. The van der Waals surface area contributed by atoms with Crippen LogP contribution in [0.1, 0.15) is 111 Å². The van der Waals surface area contributed by atoms with Crippen molar-refractivity contribution in [2.24, 2.45) is 39.4 Å². The molecule has 0 aromatic carbocycles. The zero-order chi connectivity index (χ0) is 30.9. The number of rotatable bonds is 5. The average Bonchev–Trinajstić information content (AvgIpc) is 3.17. The van der Waals surface area contributed by atoms with Crippen molar-refractivity contribution < 1.29 is 34.8 Å². The van der Waals surface area contributed by atoms with Crippen LogP contribution in [0.2, 0.25) is 0 Å². The zero-order valence-corrected chi connectivity index (χ0v) is 26.0. The molecule has 6 rings (SSSR count). The van der Waals surface area contributed by atoms with E-state index in [-0.39, 0.29) is 34.9 Å². The Labute approximate surface area is 255 Å². The molecule has 0 radical (unpaired) electrons. The quantitative estimate of drug-likeness (QED) is 0.263. The third-order valence-electron chi connectivity index (χ3n) is 13.4. The molecule has 3 saturated carbocycles. The van der Waals surface area contributed by atoms with Gasteiger partial charge in [0.2, 0.25) is 0 Å². The summed E-state index contributed by atoms with van der Waals surface area (Å²) in [5, 5.41) is 44.8. The summed E-state index contributed by atoms with van der Waals surface area (Å²) < 4.78 is 0. The van der Waals surface area contributed by atoms with Gasteiger partial charge >= 0.3 is 5.97 Å². The third-order valence-corrected chi connectivity index (χ3v) is 13.4. The minimum atomic E-state index is -1.07. The molecule has 0 amide bonds. The second kappa shape index (κ2) is 10.7. The van der Waals surface area contributed by atoms with E-state index >= 15 is 0 Å². The molecular weight excluding hydrogens is 544 g/mol. The minimum Gasteiger partial charge on any atom is -0.478 e. The van der Waals surface area contributed by atoms with E-state index < -0.39 is 45.9 Å². The normalized spacial score (nSPS) is 43.9. The second-order valence-electron chi connectivity index (χ2n) is 15.2. The maximum absolute atomic E-state index is 14.8. The minimum absolute atomic E-state index is 0.0848. The predicted octanol–water partition coefficient (Wildman–Crippen LogP) is 4.92. The molecule has 3 fully saturated rings. The molecule has 0 aliphatic heterocycles. The van der Waals surface area contributed by atoms with Gasteiger partial charge in [0.05, 0.1) is 18.3 Å². The molecule has 234 valence electrons. The first-order valence-corrected chi connectivity index (χ1v) is 16.6. The summed E-state index contributed by atoms with van der Waals surface area (Å²) in [6.07, 6.45) is 7.26. The van der Waals surface area contributed by atoms with Crippen molar-refractivity contribution in [3.8, 4) is 11.8 Å². The molecule has 7 nitrogen and oxygen atoms in total. The van der Waals surface area contributed by atoms with Gasteiger partial charge in [-0.15, -0.1) is 11.8 Å². The Morgan fingerprint density at radius 2 is 1.81 bits per heavy atom. The van der Waals surface area contributed by atoms with E-state index in [1.807, 2.05) is 6.92 Å². The number of aliphatic hydroxyl groups is 3. The van der Waals surface area contributed by atoms with Gasteiger partial charge in [-0.05, 0) is 86.7 Å². The maximum Gasteiger partial charge on any atom is 0.331 e. The Morgan fingerprint density at radius 3 is 2.56 bits per heavy atom. The van der Waals surface area contributed by atoms with Crippen molar-refractivity contribution in [2.45, 2.75) is 129 Å². The molecule has 0 unspecified atom stereocenters. The van der Waals surface area contributed by atoms with Gasteiger partial charge < -0.3 is 20.4 Å². The number of carbonyl (C=O) groups is 3. The first-order chi connectivity index (χ1) is 20.3. The summed E-state index contributed by atoms with van der Waals surface area (Å²) in [5.41, 5.74) is -0.998. The third kappa shape index (κ3) is 4.22. The summed E-state index contributed by atoms with van der Waals surface area (Å²) in [5.74, 6) is 5.58. The van der Waals surface area contributed by atoms with E-state index in [0.717, 1.165) is 43.3 Å². The van der Waals surface area contributed by atoms with Crippen molar-refractivity contribution in [1.82, 2.24) is 0 Å². The Hall–Kier alpha value is -2.27. The van der Waals surface area contributed by atoms with Crippen LogP contribution in [0.25, 0.3) is 0 Å². The van der Waals surface area contributed by atoms with Crippen LogP contribution in [-0.2, 0) is 14.4 Å². The van der Waals surface area contributed by atoms with Crippen molar-refractivity contribution in [3.63, 3.8) is 0 Å². The lowest BCUT2D eigenvalue weighted by Gasteiger charge is -2.64. The molecule has 43 heavy (non-hydrogen) atoms. The molecule has 0 aromatic rings. The number of fused-ring (bicyclic) bond motifs is 1. The van der Waals surface area contributed by atoms with Crippen molar-refractivity contribution in [1.29, 1.82) is 0 Å². The fourth-order valence-electron chi connectivity index (χ4n) is 11.6. The van der Waals surface area contributed by atoms with E-state index in [4.69, 9.17) is 0 Å². The number of aliphatic carboxylic acids is 1. The van der Waals surface area contributed by atoms with Gasteiger partial charge in [0, 0.05) is 53.1 Å². The Kier molecular flexibility index (Phi) is 7.63. The fourth-order valence-corrected chi connectivity index (χ4v) is 11.6. The van der Waals surface area contributed by atoms with Crippen LogP contribution >= 0.6 is 0 Å². The highest BCUT2D eigenvalue weighted by Gasteiger charge is 2.73. The summed E-state index contributed by atoms with van der Waals surface area (Å²) in [7, 11) is 0. The molecule has 0 heterocycles. The summed E-state index contributed by atoms with van der Waals surface area (Å²) in [4.78, 5) is 39.8. The van der Waals surface area contributed by atoms with E-state index in [1.165, 1.54) is 13.0 Å². The molecule has 7 heteroatoms. The molecule has 10 atom stereocenters. The van der Waals surface area contributed by atoms with Gasteiger partial charge in [-0.3, -0.25) is 9.59 Å². The lowest BCUT2D eigenvalue weighted by atomic mass is 9.39. The van der Waals surface area contributed by atoms with Crippen LogP contribution < -0.4 is 0 Å². The molecule has 6 aliphatic rings. The summed E-state index contributed by atoms with van der Waals surface area (Å²) in [6.45, 7) is 5.55. The van der Waals surface area contributed by atoms with Crippen LogP contribution in [0.3, 0.4) is 0 Å². The molecule has 3 spiro atoms. The lowest BCUT2D eigenvalue weighted by molar-refractivity contribution is -0.152. The standard InChI is InChI=1S/C36H48O7/c1-21(16-23(37)17-22(2)32(42)43)24-18-29(41)36-14-9-4-6-11-33(3)27-19-25(38)31(36)30-26(39)20-35(24,36)13-8-5-7-12-34(27,30)15-10-28(33)40/h17,21,23-25,27,29,37-38,41H,5,7-16,18-20H2,1-3H3,(H,42,43)/b22-17+/t21-,23+,24-,25-,27-,29+,33+,34+,35-,36+/m1/s1. The lowest BCUT2D eigenvalue weighted by Crippen LogP contribution is -2.63. The van der Waals surface area contributed by atoms with Gasteiger partial charge in [-0.1, -0.05) is 33.1 Å². The number of ketones is 2. The van der Waals surface area contributed by atoms with Crippen molar-refractivity contribution in [3.05, 3.63) is 22.8 Å². The van der Waals surface area contributed by atoms with Crippen LogP contribution in [-0.4, -0.2) is 56.3 Å². The van der Waals surface area contributed by atoms with Gasteiger partial charge in [0.15, 0.2) is 5.78 Å². The number of allylic oxidation sites excluding steroid dienone is 1. The Balaban J connectivity index is 1.56. The SMILES string of the molecule is C/C(=C\[C@@H](O)C[C@@H](C)[C@H]1C[C@H](O)[C@]23CCC#CC[C@]4(C)C(=O)CC[C@]56CCCCC[C@@]12CC(=O)C5=C3[C@H](O)C[C@@H]64)C(=O)O. The number of aliphatic hydroxyl groups excluding tert-OH is 3. The smallest absolute Gasteiger partial charge is 0.331 e. The largest absolute Gasteiger partial charge is 0.478 e. The molecular formula is C36H48O7. The highest BCUT2D eigenvalue weighted by Crippen LogP contribution is 2.75. The number of hydrogen-bond donors (Lipinski definition) is 4. The van der Waals surface area contributed by atoms with Crippen LogP contribution in [0.15, 0.2) is 22.8 Å². The van der Waals surface area contributed by atoms with E-state index in [2.05, 4.69) is 18.8 Å². The summed E-state index contributed by atoms with van der Waals surface area (Å²) in [6, 6.07) is 0. The van der Waals surface area contributed by atoms with Crippen LogP contribution in [0.4, 0.5) is 0 Å². The fraction of sp³-hybridized carbons (Fsp3) is 0.750. The number of carboxylic acid groups (broad SMARTS) is 1. The number of Topliss-reactive ketones (excluding diaryl/α,β-unsaturated/α-hetero) is 2. The van der Waals surface area contributed by atoms with Crippen molar-refractivity contribution >= 4 is 17.5 Å². The molecule has 6 aliphatic carbocycles. The summed E-state index contributed by atoms with van der Waals surface area (Å²) >= 11 is 0. The maximum atomic E-state index is 14.8. The topological polar surface area (TPSA) is 132 Å². The first kappa shape index (κ1) is 30.7. The molecule has 0 saturated heterocycles. The predicted molar refractivity (Wildman–Crippen MR) is 160 cm³/mol. The molecule has 7 bridgehead atoms. The van der Waals surface area contributed by atoms with Crippen molar-refractivity contribution in [2.75, 3.05) is 0 Å². The van der Waals surface area contributed by atoms with Crippen LogP contribution in [0.5, 0.6) is 0 Å². The van der Waals surface area contributed by atoms with Gasteiger partial charge in [-0.25, -0.2) is 4.79 Å². The number of hydrogen-bond acceptors (Lipinski definition) is 6. The van der Waals surface area contributed by atoms with E-state index in [1.54, 1.807) is 0 Å². The first-order valence-electron chi connectivity index (χ1n) is 16.6. The Bertz CT molecular complexity index is 1350. The van der Waals surface area contributed by atoms with Gasteiger partial charge in [0.1, 0.15) is 5.78 Å². The van der Waals surface area contributed by atoms with Gasteiger partial charge in [-0.2, -0.15) is 0 Å². The van der Waals surface area contributed by atoms with E-state index in [0.29, 0.717) is 57.8 Å². The Morgan fingerprint density at radius 1 is 1.07 bits per heavy atom.